The van der Waals surface area contributed by atoms with Gasteiger partial charge in [0.05, 0.1) is 24.8 Å². The zero-order chi connectivity index (χ0) is 23.0. The van der Waals surface area contributed by atoms with Crippen molar-refractivity contribution in [3.05, 3.63) is 84.2 Å². The van der Waals surface area contributed by atoms with E-state index < -0.39 is 0 Å². The van der Waals surface area contributed by atoms with E-state index in [4.69, 9.17) is 19.2 Å². The first-order valence-corrected chi connectivity index (χ1v) is 11.6. The van der Waals surface area contributed by atoms with Gasteiger partial charge in [0.2, 0.25) is 0 Å². The first kappa shape index (κ1) is 22.7. The van der Waals surface area contributed by atoms with E-state index >= 15 is 0 Å². The molecular weight excluding hydrogens is 412 g/mol. The predicted octanol–water partition coefficient (Wildman–Crippen LogP) is 6.61. The molecule has 0 radical (unpaired) electrons. The van der Waals surface area contributed by atoms with Gasteiger partial charge in [0.25, 0.3) is 0 Å². The highest BCUT2D eigenvalue weighted by molar-refractivity contribution is 5.75. The third-order valence-electron chi connectivity index (χ3n) is 5.73. The summed E-state index contributed by atoms with van der Waals surface area (Å²) in [7, 11) is 1.65. The number of methoxy groups -OCH3 is 1. The average molecular weight is 445 g/mol. The highest BCUT2D eigenvalue weighted by Crippen LogP contribution is 2.28. The van der Waals surface area contributed by atoms with Gasteiger partial charge in [-0.15, -0.1) is 0 Å². The molecule has 0 aliphatic heterocycles. The molecule has 5 heteroatoms. The van der Waals surface area contributed by atoms with E-state index in [1.807, 2.05) is 42.5 Å². The minimum absolute atomic E-state index is 0.382. The Hall–Kier alpha value is -3.47. The Kier molecular flexibility index (Phi) is 7.51. The van der Waals surface area contributed by atoms with Crippen LogP contribution in [0.4, 0.5) is 0 Å². The topological polar surface area (TPSA) is 45.5 Å². The summed E-state index contributed by atoms with van der Waals surface area (Å²) in [5.74, 6) is 3.79. The smallest absolute Gasteiger partial charge is 0.161 e. The van der Waals surface area contributed by atoms with E-state index in [2.05, 4.69) is 48.7 Å². The van der Waals surface area contributed by atoms with Crippen LogP contribution in [-0.4, -0.2) is 23.3 Å². The van der Waals surface area contributed by atoms with Crippen LogP contribution in [0.1, 0.15) is 44.0 Å². The van der Waals surface area contributed by atoms with Crippen LogP contribution in [0, 0.1) is 0 Å². The van der Waals surface area contributed by atoms with Gasteiger partial charge >= 0.3 is 0 Å². The van der Waals surface area contributed by atoms with Crippen LogP contribution in [-0.2, 0) is 13.2 Å². The third kappa shape index (κ3) is 5.48. The lowest BCUT2D eigenvalue weighted by Gasteiger charge is -2.14. The van der Waals surface area contributed by atoms with E-state index in [1.165, 1.54) is 5.56 Å². The highest BCUT2D eigenvalue weighted by Gasteiger charge is 2.13. The number of benzene rings is 3. The van der Waals surface area contributed by atoms with Crippen molar-refractivity contribution >= 4 is 11.0 Å². The maximum absolute atomic E-state index is 6.10. The summed E-state index contributed by atoms with van der Waals surface area (Å²) >= 11 is 0. The van der Waals surface area contributed by atoms with Crippen LogP contribution >= 0.6 is 0 Å². The second-order valence-corrected chi connectivity index (χ2v) is 8.36. The van der Waals surface area contributed by atoms with Crippen molar-refractivity contribution < 1.29 is 14.2 Å². The Labute approximate surface area is 195 Å². The Balaban J connectivity index is 1.40. The Morgan fingerprint density at radius 3 is 2.27 bits per heavy atom. The standard InChI is InChI=1S/C28H32N2O3/c1-21(2)22-12-4-7-15-25(22)32-19-11-10-18-30-24-14-6-5-13-23(24)29-28(30)20-33-27-17-9-8-16-26(27)31-3/h4-9,12-17,21H,10-11,18-20H2,1-3H3. The van der Waals surface area contributed by atoms with Crippen molar-refractivity contribution in [3.63, 3.8) is 0 Å². The molecule has 0 saturated carbocycles. The van der Waals surface area contributed by atoms with E-state index in [0.29, 0.717) is 19.1 Å². The molecule has 0 bridgehead atoms. The predicted molar refractivity (Wildman–Crippen MR) is 132 cm³/mol. The number of aryl methyl sites for hydroxylation is 1. The number of imidazole rings is 1. The fourth-order valence-electron chi connectivity index (χ4n) is 4.01. The molecule has 0 saturated heterocycles. The van der Waals surface area contributed by atoms with Gasteiger partial charge in [-0.3, -0.25) is 0 Å². The molecule has 1 heterocycles. The van der Waals surface area contributed by atoms with Crippen LogP contribution in [0.3, 0.4) is 0 Å². The maximum Gasteiger partial charge on any atom is 0.161 e. The average Bonchev–Trinajstić information content (AvgIpc) is 3.20. The van der Waals surface area contributed by atoms with E-state index in [-0.39, 0.29) is 0 Å². The monoisotopic (exact) mass is 444 g/mol. The summed E-state index contributed by atoms with van der Waals surface area (Å²) in [6, 6.07) is 24.2. The number of unbranched alkanes of at least 4 members (excludes halogenated alkanes) is 1. The van der Waals surface area contributed by atoms with Crippen LogP contribution in [0.5, 0.6) is 17.2 Å². The van der Waals surface area contributed by atoms with E-state index in [9.17, 15) is 0 Å². The van der Waals surface area contributed by atoms with Gasteiger partial charge in [-0.2, -0.15) is 0 Å². The number of hydrogen-bond acceptors (Lipinski definition) is 4. The van der Waals surface area contributed by atoms with Gasteiger partial charge in [0, 0.05) is 6.54 Å². The number of nitrogens with zero attached hydrogens (tertiary/aromatic N) is 2. The second-order valence-electron chi connectivity index (χ2n) is 8.36. The van der Waals surface area contributed by atoms with E-state index in [1.54, 1.807) is 7.11 Å². The lowest BCUT2D eigenvalue weighted by Crippen LogP contribution is -2.09. The molecule has 0 fully saturated rings. The lowest BCUT2D eigenvalue weighted by molar-refractivity contribution is 0.269. The van der Waals surface area contributed by atoms with Gasteiger partial charge < -0.3 is 18.8 Å². The van der Waals surface area contributed by atoms with Gasteiger partial charge in [0.1, 0.15) is 18.2 Å². The minimum Gasteiger partial charge on any atom is -0.493 e. The molecule has 0 N–H and O–H groups in total. The molecule has 4 rings (SSSR count). The molecule has 5 nitrogen and oxygen atoms in total. The largest absolute Gasteiger partial charge is 0.493 e. The van der Waals surface area contributed by atoms with Gasteiger partial charge in [-0.1, -0.05) is 56.3 Å². The quantitative estimate of drug-likeness (QED) is 0.244. The number of aromatic nitrogens is 2. The Morgan fingerprint density at radius 2 is 1.48 bits per heavy atom. The number of fused-ring (bicyclic) bond motifs is 1. The summed E-state index contributed by atoms with van der Waals surface area (Å²) in [5, 5.41) is 0. The summed E-state index contributed by atoms with van der Waals surface area (Å²) in [6.45, 7) is 6.33. The first-order chi connectivity index (χ1) is 16.2. The molecule has 3 aromatic carbocycles. The van der Waals surface area contributed by atoms with Crippen molar-refractivity contribution in [3.8, 4) is 17.2 Å². The zero-order valence-electron chi connectivity index (χ0n) is 19.7. The van der Waals surface area contributed by atoms with Crippen molar-refractivity contribution in [1.82, 2.24) is 9.55 Å². The molecule has 0 aliphatic carbocycles. The molecule has 0 spiro atoms. The Bertz CT molecular complexity index is 1180. The van der Waals surface area contributed by atoms with Gasteiger partial charge in [-0.05, 0) is 54.7 Å². The van der Waals surface area contributed by atoms with Crippen molar-refractivity contribution in [1.29, 1.82) is 0 Å². The number of rotatable bonds is 11. The summed E-state index contributed by atoms with van der Waals surface area (Å²) in [4.78, 5) is 4.83. The zero-order valence-corrected chi connectivity index (χ0v) is 19.7. The van der Waals surface area contributed by atoms with Crippen molar-refractivity contribution in [2.45, 2.75) is 45.8 Å². The molecule has 172 valence electrons. The fraction of sp³-hybridized carbons (Fsp3) is 0.321. The summed E-state index contributed by atoms with van der Waals surface area (Å²) < 4.78 is 19.8. The summed E-state index contributed by atoms with van der Waals surface area (Å²) in [6.07, 6.45) is 1.96. The van der Waals surface area contributed by atoms with E-state index in [0.717, 1.165) is 53.5 Å². The molecule has 0 amide bonds. The molecule has 0 atom stereocenters. The lowest BCUT2D eigenvalue weighted by atomic mass is 10.0. The highest BCUT2D eigenvalue weighted by atomic mass is 16.5. The molecule has 0 unspecified atom stereocenters. The van der Waals surface area contributed by atoms with Crippen LogP contribution < -0.4 is 14.2 Å². The maximum atomic E-state index is 6.10. The normalized spacial score (nSPS) is 11.2. The third-order valence-corrected chi connectivity index (χ3v) is 5.73. The number of hydrogen-bond donors (Lipinski definition) is 0. The van der Waals surface area contributed by atoms with Crippen molar-refractivity contribution in [2.75, 3.05) is 13.7 Å². The van der Waals surface area contributed by atoms with Crippen LogP contribution in [0.2, 0.25) is 0 Å². The SMILES string of the molecule is COc1ccccc1OCc1nc2ccccc2n1CCCCOc1ccccc1C(C)C. The summed E-state index contributed by atoms with van der Waals surface area (Å²) in [5.41, 5.74) is 3.37. The van der Waals surface area contributed by atoms with Crippen LogP contribution in [0.15, 0.2) is 72.8 Å². The molecule has 0 aliphatic rings. The first-order valence-electron chi connectivity index (χ1n) is 11.6. The van der Waals surface area contributed by atoms with Crippen molar-refractivity contribution in [2.24, 2.45) is 0 Å². The second kappa shape index (κ2) is 10.9. The molecular formula is C28H32N2O3. The molecule has 1 aromatic heterocycles. The minimum atomic E-state index is 0.382. The molecule has 4 aromatic rings. The van der Waals surface area contributed by atoms with Gasteiger partial charge in [0.15, 0.2) is 11.5 Å². The number of para-hydroxylation sites is 5. The van der Waals surface area contributed by atoms with Gasteiger partial charge in [-0.25, -0.2) is 4.98 Å². The Morgan fingerprint density at radius 1 is 0.788 bits per heavy atom. The number of ether oxygens (including phenoxy) is 3. The molecule has 33 heavy (non-hydrogen) atoms. The fourth-order valence-corrected chi connectivity index (χ4v) is 4.01. The van der Waals surface area contributed by atoms with Crippen LogP contribution in [0.25, 0.3) is 11.0 Å².